The molecule has 2 heterocycles. The molecule has 3 nitrogen and oxygen atoms in total. The number of nitrogens with one attached hydrogen (secondary N) is 1. The first kappa shape index (κ1) is 9.90. The molecule has 0 saturated heterocycles. The molecule has 0 aliphatic carbocycles. The van der Waals surface area contributed by atoms with E-state index in [0.29, 0.717) is 0 Å². The Morgan fingerprint density at radius 3 is 2.33 bits per heavy atom. The first-order chi connectivity index (χ1) is 7.07. The van der Waals surface area contributed by atoms with Gasteiger partial charge in [0, 0.05) is 34.6 Å². The Morgan fingerprint density at radius 1 is 1.07 bits per heavy atom. The van der Waals surface area contributed by atoms with Crippen molar-refractivity contribution in [1.82, 2.24) is 15.2 Å². The molecule has 0 unspecified atom stereocenters. The van der Waals surface area contributed by atoms with Crippen LogP contribution in [-0.2, 0) is 5.41 Å². The Kier molecular flexibility index (Phi) is 2.31. The third-order valence-electron chi connectivity index (χ3n) is 2.36. The molecule has 0 amide bonds. The van der Waals surface area contributed by atoms with Crippen molar-refractivity contribution in [1.29, 1.82) is 0 Å². The fourth-order valence-corrected chi connectivity index (χ4v) is 1.42. The van der Waals surface area contributed by atoms with E-state index in [1.54, 1.807) is 6.20 Å². The first-order valence-electron chi connectivity index (χ1n) is 5.03. The summed E-state index contributed by atoms with van der Waals surface area (Å²) in [5, 5.41) is 6.71. The summed E-state index contributed by atoms with van der Waals surface area (Å²) in [6, 6.07) is 4.15. The minimum Gasteiger partial charge on any atom is -0.285 e. The molecule has 15 heavy (non-hydrogen) atoms. The van der Waals surface area contributed by atoms with Gasteiger partial charge in [0.1, 0.15) is 0 Å². The van der Waals surface area contributed by atoms with Crippen molar-refractivity contribution in [2.24, 2.45) is 0 Å². The van der Waals surface area contributed by atoms with Crippen LogP contribution in [0.5, 0.6) is 0 Å². The normalized spacial score (nSPS) is 11.7. The molecule has 0 atom stereocenters. The summed E-state index contributed by atoms with van der Waals surface area (Å²) in [4.78, 5) is 4.46. The molecule has 2 rings (SSSR count). The van der Waals surface area contributed by atoms with E-state index >= 15 is 0 Å². The molecule has 0 saturated carbocycles. The molecular weight excluding hydrogens is 186 g/mol. The zero-order valence-electron chi connectivity index (χ0n) is 9.28. The smallest absolute Gasteiger partial charge is 0.0566 e. The minimum atomic E-state index is 0.106. The van der Waals surface area contributed by atoms with Crippen molar-refractivity contribution in [2.45, 2.75) is 26.2 Å². The maximum Gasteiger partial charge on any atom is 0.0566 e. The van der Waals surface area contributed by atoms with E-state index in [4.69, 9.17) is 0 Å². The SMILES string of the molecule is CC(C)(C)c1ccc(-c2cn[nH]c2)cn1. The van der Waals surface area contributed by atoms with Gasteiger partial charge < -0.3 is 0 Å². The molecule has 0 spiro atoms. The van der Waals surface area contributed by atoms with E-state index in [-0.39, 0.29) is 5.41 Å². The number of aromatic amines is 1. The van der Waals surface area contributed by atoms with Crippen LogP contribution in [0, 0.1) is 0 Å². The third-order valence-corrected chi connectivity index (χ3v) is 2.36. The van der Waals surface area contributed by atoms with E-state index < -0.39 is 0 Å². The van der Waals surface area contributed by atoms with E-state index in [2.05, 4.69) is 48.1 Å². The molecule has 0 bridgehead atoms. The molecule has 78 valence electrons. The first-order valence-corrected chi connectivity index (χ1v) is 5.03. The van der Waals surface area contributed by atoms with E-state index in [9.17, 15) is 0 Å². The lowest BCUT2D eigenvalue weighted by molar-refractivity contribution is 0.569. The Morgan fingerprint density at radius 2 is 1.87 bits per heavy atom. The molecule has 1 N–H and O–H groups in total. The van der Waals surface area contributed by atoms with Gasteiger partial charge >= 0.3 is 0 Å². The van der Waals surface area contributed by atoms with Crippen LogP contribution in [0.2, 0.25) is 0 Å². The van der Waals surface area contributed by atoms with Gasteiger partial charge in [-0.1, -0.05) is 26.8 Å². The van der Waals surface area contributed by atoms with Crippen LogP contribution in [0.25, 0.3) is 11.1 Å². The molecule has 0 aliphatic rings. The van der Waals surface area contributed by atoms with Gasteiger partial charge in [0.25, 0.3) is 0 Å². The largest absolute Gasteiger partial charge is 0.285 e. The molecule has 0 aromatic carbocycles. The number of rotatable bonds is 1. The topological polar surface area (TPSA) is 41.6 Å². The maximum atomic E-state index is 4.46. The lowest BCUT2D eigenvalue weighted by Gasteiger charge is -2.17. The van der Waals surface area contributed by atoms with Crippen LogP contribution in [0.3, 0.4) is 0 Å². The minimum absolute atomic E-state index is 0.106. The van der Waals surface area contributed by atoms with Crippen molar-refractivity contribution in [3.8, 4) is 11.1 Å². The molecule has 2 aromatic rings. The van der Waals surface area contributed by atoms with Gasteiger partial charge in [-0.3, -0.25) is 10.1 Å². The highest BCUT2D eigenvalue weighted by Gasteiger charge is 2.14. The van der Waals surface area contributed by atoms with Crippen LogP contribution < -0.4 is 0 Å². The zero-order chi connectivity index (χ0) is 10.9. The molecule has 0 fully saturated rings. The summed E-state index contributed by atoms with van der Waals surface area (Å²) < 4.78 is 0. The number of hydrogen-bond acceptors (Lipinski definition) is 2. The van der Waals surface area contributed by atoms with Gasteiger partial charge in [-0.2, -0.15) is 5.10 Å². The summed E-state index contributed by atoms with van der Waals surface area (Å²) in [5.74, 6) is 0. The fraction of sp³-hybridized carbons (Fsp3) is 0.333. The maximum absolute atomic E-state index is 4.46. The van der Waals surface area contributed by atoms with Crippen molar-refractivity contribution in [2.75, 3.05) is 0 Å². The van der Waals surface area contributed by atoms with Gasteiger partial charge in [-0.15, -0.1) is 0 Å². The van der Waals surface area contributed by atoms with Crippen molar-refractivity contribution in [3.05, 3.63) is 36.4 Å². The molecule has 3 heteroatoms. The number of H-pyrrole nitrogens is 1. The number of aromatic nitrogens is 3. The quantitative estimate of drug-likeness (QED) is 0.770. The predicted molar refractivity (Wildman–Crippen MR) is 60.5 cm³/mol. The van der Waals surface area contributed by atoms with E-state index in [1.807, 2.05) is 12.4 Å². The van der Waals surface area contributed by atoms with E-state index in [1.165, 1.54) is 0 Å². The van der Waals surface area contributed by atoms with Gasteiger partial charge in [-0.05, 0) is 6.07 Å². The molecule has 0 aliphatic heterocycles. The van der Waals surface area contributed by atoms with Crippen molar-refractivity contribution >= 4 is 0 Å². The zero-order valence-corrected chi connectivity index (χ0v) is 9.28. The van der Waals surface area contributed by atoms with Crippen molar-refractivity contribution in [3.63, 3.8) is 0 Å². The molecular formula is C12H15N3. The van der Waals surface area contributed by atoms with Crippen LogP contribution in [0.1, 0.15) is 26.5 Å². The number of nitrogens with zero attached hydrogens (tertiary/aromatic N) is 2. The summed E-state index contributed by atoms with van der Waals surface area (Å²) in [6.07, 6.45) is 5.56. The monoisotopic (exact) mass is 201 g/mol. The van der Waals surface area contributed by atoms with Gasteiger partial charge in [0.15, 0.2) is 0 Å². The number of pyridine rings is 1. The van der Waals surface area contributed by atoms with Crippen LogP contribution in [0.15, 0.2) is 30.7 Å². The van der Waals surface area contributed by atoms with Crippen LogP contribution in [-0.4, -0.2) is 15.2 Å². The summed E-state index contributed by atoms with van der Waals surface area (Å²) in [6.45, 7) is 6.48. The highest BCUT2D eigenvalue weighted by atomic mass is 15.1. The Labute approximate surface area is 89.6 Å². The van der Waals surface area contributed by atoms with Gasteiger partial charge in [0.2, 0.25) is 0 Å². The highest BCUT2D eigenvalue weighted by Crippen LogP contribution is 2.22. The lowest BCUT2D eigenvalue weighted by Crippen LogP contribution is -2.12. The second-order valence-electron chi connectivity index (χ2n) is 4.67. The van der Waals surface area contributed by atoms with E-state index in [0.717, 1.165) is 16.8 Å². The van der Waals surface area contributed by atoms with Crippen LogP contribution >= 0.6 is 0 Å². The van der Waals surface area contributed by atoms with Crippen LogP contribution in [0.4, 0.5) is 0 Å². The third kappa shape index (κ3) is 2.06. The standard InChI is InChI=1S/C12H15N3/c1-12(2,3)11-5-4-9(6-13-11)10-7-14-15-8-10/h4-8H,1-3H3,(H,14,15). The summed E-state index contributed by atoms with van der Waals surface area (Å²) in [7, 11) is 0. The molecule has 2 aromatic heterocycles. The second-order valence-corrected chi connectivity index (χ2v) is 4.67. The average Bonchev–Trinajstić information content (AvgIpc) is 2.69. The summed E-state index contributed by atoms with van der Waals surface area (Å²) in [5.41, 5.74) is 3.38. The molecule has 0 radical (unpaired) electrons. The average molecular weight is 201 g/mol. The van der Waals surface area contributed by atoms with Gasteiger partial charge in [-0.25, -0.2) is 0 Å². The van der Waals surface area contributed by atoms with Crippen molar-refractivity contribution < 1.29 is 0 Å². The second kappa shape index (κ2) is 3.50. The fourth-order valence-electron chi connectivity index (χ4n) is 1.42. The Balaban J connectivity index is 2.33. The predicted octanol–water partition coefficient (Wildman–Crippen LogP) is 2.77. The Bertz CT molecular complexity index is 421. The lowest BCUT2D eigenvalue weighted by atomic mass is 9.91. The highest BCUT2D eigenvalue weighted by molar-refractivity contribution is 5.60. The van der Waals surface area contributed by atoms with Gasteiger partial charge in [0.05, 0.1) is 6.20 Å². The Hall–Kier alpha value is -1.64. The number of hydrogen-bond donors (Lipinski definition) is 1. The summed E-state index contributed by atoms with van der Waals surface area (Å²) >= 11 is 0.